The molecule has 2 saturated heterocycles. The van der Waals surface area contributed by atoms with Gasteiger partial charge in [0, 0.05) is 32.1 Å². The number of likely N-dealkylation sites (tertiary alicyclic amines) is 1. The van der Waals surface area contributed by atoms with E-state index in [2.05, 4.69) is 10.3 Å². The number of hydrazine groups is 1. The van der Waals surface area contributed by atoms with Crippen LogP contribution in [0, 0.1) is 5.92 Å². The van der Waals surface area contributed by atoms with Crippen LogP contribution >= 0.6 is 0 Å². The molecule has 0 bridgehead atoms. The first kappa shape index (κ1) is 14.2. The standard InChI is InChI=1S/C12H22N4O3/c13-14-12(18)10-1-3-16(4-2-10)11(17)9-15-5-7-19-8-6-15/h10H,1-9,13H2,(H,14,18). The van der Waals surface area contributed by atoms with E-state index in [0.717, 1.165) is 13.1 Å². The maximum Gasteiger partial charge on any atom is 0.237 e. The smallest absolute Gasteiger partial charge is 0.237 e. The third kappa shape index (κ3) is 3.89. The minimum absolute atomic E-state index is 0.0579. The number of nitrogens with zero attached hydrogens (tertiary/aromatic N) is 2. The fourth-order valence-electron chi connectivity index (χ4n) is 2.56. The molecule has 2 aliphatic heterocycles. The van der Waals surface area contributed by atoms with Gasteiger partial charge in [-0.15, -0.1) is 0 Å². The first-order chi connectivity index (χ1) is 9.20. The molecule has 19 heavy (non-hydrogen) atoms. The lowest BCUT2D eigenvalue weighted by molar-refractivity contribution is -0.137. The highest BCUT2D eigenvalue weighted by Crippen LogP contribution is 2.17. The Bertz CT molecular complexity index is 323. The second-order valence-electron chi connectivity index (χ2n) is 5.05. The minimum atomic E-state index is -0.125. The van der Waals surface area contributed by atoms with E-state index in [4.69, 9.17) is 10.6 Å². The Morgan fingerprint density at radius 1 is 1.16 bits per heavy atom. The van der Waals surface area contributed by atoms with Crippen molar-refractivity contribution in [2.75, 3.05) is 45.9 Å². The van der Waals surface area contributed by atoms with Crippen LogP contribution in [0.1, 0.15) is 12.8 Å². The van der Waals surface area contributed by atoms with Gasteiger partial charge < -0.3 is 9.64 Å². The molecule has 2 heterocycles. The van der Waals surface area contributed by atoms with Crippen molar-refractivity contribution in [3.63, 3.8) is 0 Å². The zero-order valence-corrected chi connectivity index (χ0v) is 11.1. The number of rotatable bonds is 3. The number of morpholine rings is 1. The largest absolute Gasteiger partial charge is 0.379 e. The summed E-state index contributed by atoms with van der Waals surface area (Å²) in [5.41, 5.74) is 2.18. The van der Waals surface area contributed by atoms with E-state index >= 15 is 0 Å². The number of hydrogen-bond acceptors (Lipinski definition) is 5. The first-order valence-corrected chi connectivity index (χ1v) is 6.79. The average Bonchev–Trinajstić information content (AvgIpc) is 2.47. The summed E-state index contributed by atoms with van der Waals surface area (Å²) in [6, 6.07) is 0. The molecule has 0 aromatic rings. The van der Waals surface area contributed by atoms with Crippen LogP contribution in [0.4, 0.5) is 0 Å². The number of ether oxygens (including phenoxy) is 1. The van der Waals surface area contributed by atoms with Crippen LogP contribution in [-0.2, 0) is 14.3 Å². The van der Waals surface area contributed by atoms with Crippen molar-refractivity contribution < 1.29 is 14.3 Å². The molecule has 0 saturated carbocycles. The quantitative estimate of drug-likeness (QED) is 0.372. The van der Waals surface area contributed by atoms with Crippen molar-refractivity contribution in [3.8, 4) is 0 Å². The average molecular weight is 270 g/mol. The van der Waals surface area contributed by atoms with E-state index < -0.39 is 0 Å². The van der Waals surface area contributed by atoms with Crippen LogP contribution in [0.15, 0.2) is 0 Å². The molecule has 108 valence electrons. The molecule has 0 unspecified atom stereocenters. The lowest BCUT2D eigenvalue weighted by Gasteiger charge is -2.33. The van der Waals surface area contributed by atoms with Gasteiger partial charge in [0.25, 0.3) is 0 Å². The molecular weight excluding hydrogens is 248 g/mol. The van der Waals surface area contributed by atoms with Gasteiger partial charge in [0.15, 0.2) is 0 Å². The van der Waals surface area contributed by atoms with E-state index in [-0.39, 0.29) is 17.7 Å². The van der Waals surface area contributed by atoms with Crippen molar-refractivity contribution >= 4 is 11.8 Å². The fraction of sp³-hybridized carbons (Fsp3) is 0.833. The number of nitrogens with two attached hydrogens (primary N) is 1. The van der Waals surface area contributed by atoms with Crippen LogP contribution < -0.4 is 11.3 Å². The van der Waals surface area contributed by atoms with Crippen molar-refractivity contribution in [2.45, 2.75) is 12.8 Å². The summed E-state index contributed by atoms with van der Waals surface area (Å²) in [5.74, 6) is 5.09. The maximum atomic E-state index is 12.1. The Morgan fingerprint density at radius 2 is 1.79 bits per heavy atom. The van der Waals surface area contributed by atoms with Crippen LogP contribution in [0.5, 0.6) is 0 Å². The Morgan fingerprint density at radius 3 is 2.37 bits per heavy atom. The molecule has 2 aliphatic rings. The number of nitrogens with one attached hydrogen (secondary N) is 1. The maximum absolute atomic E-state index is 12.1. The number of carbonyl (C=O) groups excluding carboxylic acids is 2. The highest BCUT2D eigenvalue weighted by atomic mass is 16.5. The van der Waals surface area contributed by atoms with Gasteiger partial charge in [-0.3, -0.25) is 19.9 Å². The molecular formula is C12H22N4O3. The highest BCUT2D eigenvalue weighted by Gasteiger charge is 2.27. The van der Waals surface area contributed by atoms with E-state index in [9.17, 15) is 9.59 Å². The summed E-state index contributed by atoms with van der Waals surface area (Å²) in [6.07, 6.45) is 1.38. The molecule has 3 N–H and O–H groups in total. The number of piperidine rings is 1. The number of hydrogen-bond donors (Lipinski definition) is 2. The Labute approximate surface area is 113 Å². The van der Waals surface area contributed by atoms with E-state index in [1.165, 1.54) is 0 Å². The monoisotopic (exact) mass is 270 g/mol. The van der Waals surface area contributed by atoms with Crippen LogP contribution in [0.25, 0.3) is 0 Å². The van der Waals surface area contributed by atoms with Gasteiger partial charge in [-0.05, 0) is 12.8 Å². The topological polar surface area (TPSA) is 87.9 Å². The molecule has 2 fully saturated rings. The molecule has 7 heteroatoms. The van der Waals surface area contributed by atoms with Gasteiger partial charge in [-0.25, -0.2) is 5.84 Å². The fourth-order valence-corrected chi connectivity index (χ4v) is 2.56. The van der Waals surface area contributed by atoms with Crippen molar-refractivity contribution in [2.24, 2.45) is 11.8 Å². The van der Waals surface area contributed by atoms with Gasteiger partial charge in [0.2, 0.25) is 11.8 Å². The SMILES string of the molecule is NNC(=O)C1CCN(C(=O)CN2CCOCC2)CC1. The zero-order chi connectivity index (χ0) is 13.7. The van der Waals surface area contributed by atoms with E-state index in [0.29, 0.717) is 45.7 Å². The van der Waals surface area contributed by atoms with Gasteiger partial charge in [-0.1, -0.05) is 0 Å². The van der Waals surface area contributed by atoms with Crippen molar-refractivity contribution in [3.05, 3.63) is 0 Å². The van der Waals surface area contributed by atoms with Gasteiger partial charge >= 0.3 is 0 Å². The summed E-state index contributed by atoms with van der Waals surface area (Å²) in [6.45, 7) is 4.77. The summed E-state index contributed by atoms with van der Waals surface area (Å²) < 4.78 is 5.26. The second-order valence-corrected chi connectivity index (χ2v) is 5.05. The zero-order valence-electron chi connectivity index (χ0n) is 11.1. The lowest BCUT2D eigenvalue weighted by Crippen LogP contribution is -2.48. The Kier molecular flexibility index (Phi) is 5.12. The number of carbonyl (C=O) groups is 2. The van der Waals surface area contributed by atoms with Gasteiger partial charge in [0.1, 0.15) is 0 Å². The van der Waals surface area contributed by atoms with Gasteiger partial charge in [-0.2, -0.15) is 0 Å². The summed E-state index contributed by atoms with van der Waals surface area (Å²) in [4.78, 5) is 27.5. The van der Waals surface area contributed by atoms with E-state index in [1.54, 1.807) is 0 Å². The molecule has 2 amide bonds. The van der Waals surface area contributed by atoms with Crippen LogP contribution in [0.2, 0.25) is 0 Å². The molecule has 0 radical (unpaired) electrons. The number of amides is 2. The normalized spacial score (nSPS) is 22.3. The first-order valence-electron chi connectivity index (χ1n) is 6.79. The third-order valence-corrected chi connectivity index (χ3v) is 3.82. The molecule has 7 nitrogen and oxygen atoms in total. The van der Waals surface area contributed by atoms with Crippen LogP contribution in [-0.4, -0.2) is 67.6 Å². The second kappa shape index (κ2) is 6.83. The van der Waals surface area contributed by atoms with Crippen molar-refractivity contribution in [1.29, 1.82) is 0 Å². The molecule has 0 aromatic carbocycles. The predicted molar refractivity (Wildman–Crippen MR) is 68.9 cm³/mol. The van der Waals surface area contributed by atoms with Crippen molar-refractivity contribution in [1.82, 2.24) is 15.2 Å². The molecule has 0 spiro atoms. The molecule has 2 rings (SSSR count). The lowest BCUT2D eigenvalue weighted by atomic mass is 9.96. The highest BCUT2D eigenvalue weighted by molar-refractivity contribution is 5.80. The Hall–Kier alpha value is -1.18. The predicted octanol–water partition coefficient (Wildman–Crippen LogP) is -1.45. The third-order valence-electron chi connectivity index (χ3n) is 3.82. The summed E-state index contributed by atoms with van der Waals surface area (Å²) >= 11 is 0. The Balaban J connectivity index is 1.74. The summed E-state index contributed by atoms with van der Waals surface area (Å²) in [5, 5.41) is 0. The molecule has 0 atom stereocenters. The molecule has 0 aliphatic carbocycles. The molecule has 0 aromatic heterocycles. The van der Waals surface area contributed by atoms with Crippen LogP contribution in [0.3, 0.4) is 0 Å². The summed E-state index contributed by atoms with van der Waals surface area (Å²) in [7, 11) is 0. The minimum Gasteiger partial charge on any atom is -0.379 e. The van der Waals surface area contributed by atoms with Gasteiger partial charge in [0.05, 0.1) is 19.8 Å². The van der Waals surface area contributed by atoms with E-state index in [1.807, 2.05) is 4.90 Å².